The predicted molar refractivity (Wildman–Crippen MR) is 68.6 cm³/mol. The van der Waals surface area contributed by atoms with E-state index in [0.717, 1.165) is 30.8 Å². The highest BCUT2D eigenvalue weighted by Gasteiger charge is 2.26. The highest BCUT2D eigenvalue weighted by Crippen LogP contribution is 2.19. The maximum Gasteiger partial charge on any atom is 0.228 e. The van der Waals surface area contributed by atoms with Crippen molar-refractivity contribution in [2.24, 2.45) is 11.7 Å². The second-order valence-corrected chi connectivity index (χ2v) is 4.60. The number of likely N-dealkylation sites (tertiary alicyclic amines) is 1. The number of hydrogen-bond donors (Lipinski definition) is 2. The van der Waals surface area contributed by atoms with Crippen LogP contribution in [0.3, 0.4) is 0 Å². The second-order valence-electron chi connectivity index (χ2n) is 4.60. The van der Waals surface area contributed by atoms with Crippen LogP contribution in [0.25, 0.3) is 0 Å². The number of rotatable bonds is 3. The number of para-hydroxylation sites is 1. The quantitative estimate of drug-likeness (QED) is 0.820. The van der Waals surface area contributed by atoms with Gasteiger partial charge in [0.2, 0.25) is 5.91 Å². The molecule has 0 radical (unpaired) electrons. The number of carbonyl (C=O) groups is 1. The van der Waals surface area contributed by atoms with Crippen molar-refractivity contribution in [2.45, 2.75) is 13.0 Å². The third-order valence-electron chi connectivity index (χ3n) is 3.26. The molecule has 3 N–H and O–H groups in total. The Labute approximate surface area is 102 Å². The number of anilines is 1. The normalized spacial score (nSPS) is 20.5. The van der Waals surface area contributed by atoms with Gasteiger partial charge >= 0.3 is 0 Å². The first-order chi connectivity index (χ1) is 8.20. The number of nitrogens with two attached hydrogens (primary N) is 1. The molecule has 0 aromatic heterocycles. The van der Waals surface area contributed by atoms with Crippen LogP contribution in [-0.2, 0) is 11.3 Å². The van der Waals surface area contributed by atoms with E-state index >= 15 is 0 Å². The Morgan fingerprint density at radius 2 is 2.29 bits per heavy atom. The summed E-state index contributed by atoms with van der Waals surface area (Å²) < 4.78 is 0. The lowest BCUT2D eigenvalue weighted by Gasteiger charge is -2.13. The summed E-state index contributed by atoms with van der Waals surface area (Å²) in [5, 5.41) is 2.98. The minimum absolute atomic E-state index is 0.103. The van der Waals surface area contributed by atoms with Gasteiger partial charge in [-0.05, 0) is 31.6 Å². The molecule has 1 aliphatic rings. The SMILES string of the molecule is CN1CCC(C(=O)Nc2ccccc2CN)C1. The van der Waals surface area contributed by atoms with Crippen molar-refractivity contribution in [3.8, 4) is 0 Å². The summed E-state index contributed by atoms with van der Waals surface area (Å²) in [4.78, 5) is 14.2. The molecule has 0 spiro atoms. The van der Waals surface area contributed by atoms with Gasteiger partial charge in [-0.25, -0.2) is 0 Å². The van der Waals surface area contributed by atoms with Gasteiger partial charge in [-0.1, -0.05) is 18.2 Å². The molecule has 0 bridgehead atoms. The Kier molecular flexibility index (Phi) is 3.76. The fraction of sp³-hybridized carbons (Fsp3) is 0.462. The molecule has 1 aromatic rings. The van der Waals surface area contributed by atoms with Crippen LogP contribution in [0.4, 0.5) is 5.69 Å². The summed E-state index contributed by atoms with van der Waals surface area (Å²) in [6, 6.07) is 7.69. The standard InChI is InChI=1S/C13H19N3O/c1-16-7-6-11(9-16)13(17)15-12-5-3-2-4-10(12)8-14/h2-5,11H,6-9,14H2,1H3,(H,15,17). The Morgan fingerprint density at radius 3 is 2.94 bits per heavy atom. The van der Waals surface area contributed by atoms with Crippen molar-refractivity contribution in [3.63, 3.8) is 0 Å². The van der Waals surface area contributed by atoms with Crippen molar-refractivity contribution in [1.29, 1.82) is 0 Å². The van der Waals surface area contributed by atoms with Crippen LogP contribution in [0, 0.1) is 5.92 Å². The van der Waals surface area contributed by atoms with Gasteiger partial charge in [0.1, 0.15) is 0 Å². The molecule has 1 amide bonds. The molecular formula is C13H19N3O. The summed E-state index contributed by atoms with van der Waals surface area (Å²) in [5.41, 5.74) is 7.46. The fourth-order valence-electron chi connectivity index (χ4n) is 2.20. The van der Waals surface area contributed by atoms with Crippen LogP contribution in [-0.4, -0.2) is 30.9 Å². The van der Waals surface area contributed by atoms with Gasteiger partial charge in [0.25, 0.3) is 0 Å². The van der Waals surface area contributed by atoms with E-state index in [1.807, 2.05) is 31.3 Å². The van der Waals surface area contributed by atoms with Crippen molar-refractivity contribution in [3.05, 3.63) is 29.8 Å². The van der Waals surface area contributed by atoms with Crippen LogP contribution in [0.5, 0.6) is 0 Å². The molecule has 0 aliphatic carbocycles. The number of benzene rings is 1. The monoisotopic (exact) mass is 233 g/mol. The lowest BCUT2D eigenvalue weighted by molar-refractivity contribution is -0.119. The van der Waals surface area contributed by atoms with Crippen molar-refractivity contribution < 1.29 is 4.79 Å². The molecule has 4 heteroatoms. The van der Waals surface area contributed by atoms with Crippen LogP contribution in [0.1, 0.15) is 12.0 Å². The van der Waals surface area contributed by atoms with Crippen LogP contribution in [0.15, 0.2) is 24.3 Å². The van der Waals surface area contributed by atoms with Gasteiger partial charge in [-0.15, -0.1) is 0 Å². The van der Waals surface area contributed by atoms with Crippen molar-refractivity contribution in [1.82, 2.24) is 4.90 Å². The maximum atomic E-state index is 12.0. The van der Waals surface area contributed by atoms with Crippen LogP contribution in [0.2, 0.25) is 0 Å². The molecule has 1 atom stereocenters. The van der Waals surface area contributed by atoms with E-state index in [1.54, 1.807) is 0 Å². The van der Waals surface area contributed by atoms with E-state index in [2.05, 4.69) is 10.2 Å². The molecular weight excluding hydrogens is 214 g/mol. The van der Waals surface area contributed by atoms with E-state index in [1.165, 1.54) is 0 Å². The zero-order valence-corrected chi connectivity index (χ0v) is 10.1. The molecule has 1 aromatic carbocycles. The summed E-state index contributed by atoms with van der Waals surface area (Å²) >= 11 is 0. The number of nitrogens with one attached hydrogen (secondary N) is 1. The molecule has 0 saturated carbocycles. The Morgan fingerprint density at radius 1 is 1.53 bits per heavy atom. The van der Waals surface area contributed by atoms with Gasteiger partial charge in [-0.2, -0.15) is 0 Å². The average molecular weight is 233 g/mol. The van der Waals surface area contributed by atoms with Crippen LogP contribution >= 0.6 is 0 Å². The smallest absolute Gasteiger partial charge is 0.228 e. The van der Waals surface area contributed by atoms with Gasteiger partial charge < -0.3 is 16.0 Å². The van der Waals surface area contributed by atoms with E-state index in [4.69, 9.17) is 5.73 Å². The zero-order valence-electron chi connectivity index (χ0n) is 10.1. The summed E-state index contributed by atoms with van der Waals surface area (Å²) in [5.74, 6) is 0.209. The molecule has 2 rings (SSSR count). The Bertz CT molecular complexity index is 405. The van der Waals surface area contributed by atoms with Gasteiger partial charge in [0, 0.05) is 18.8 Å². The third kappa shape index (κ3) is 2.84. The van der Waals surface area contributed by atoms with Crippen molar-refractivity contribution >= 4 is 11.6 Å². The maximum absolute atomic E-state index is 12.0. The molecule has 17 heavy (non-hydrogen) atoms. The largest absolute Gasteiger partial charge is 0.326 e. The molecule has 1 saturated heterocycles. The number of nitrogens with zero attached hydrogens (tertiary/aromatic N) is 1. The van der Waals surface area contributed by atoms with Crippen LogP contribution < -0.4 is 11.1 Å². The van der Waals surface area contributed by atoms with Gasteiger partial charge in [-0.3, -0.25) is 4.79 Å². The first-order valence-electron chi connectivity index (χ1n) is 5.98. The molecule has 1 fully saturated rings. The predicted octanol–water partition coefficient (Wildman–Crippen LogP) is 1.04. The molecule has 92 valence electrons. The number of carbonyl (C=O) groups excluding carboxylic acids is 1. The molecule has 4 nitrogen and oxygen atoms in total. The van der Waals surface area contributed by atoms with E-state index in [0.29, 0.717) is 6.54 Å². The zero-order chi connectivity index (χ0) is 12.3. The Balaban J connectivity index is 2.03. The lowest BCUT2D eigenvalue weighted by Crippen LogP contribution is -2.26. The summed E-state index contributed by atoms with van der Waals surface area (Å²) in [6.45, 7) is 2.29. The van der Waals surface area contributed by atoms with Gasteiger partial charge in [0.05, 0.1) is 5.92 Å². The average Bonchev–Trinajstić information content (AvgIpc) is 2.77. The molecule has 1 heterocycles. The highest BCUT2D eigenvalue weighted by molar-refractivity contribution is 5.93. The van der Waals surface area contributed by atoms with Crippen molar-refractivity contribution in [2.75, 3.05) is 25.5 Å². The molecule has 1 unspecified atom stereocenters. The van der Waals surface area contributed by atoms with E-state index < -0.39 is 0 Å². The number of amides is 1. The summed E-state index contributed by atoms with van der Waals surface area (Å²) in [6.07, 6.45) is 0.938. The lowest BCUT2D eigenvalue weighted by atomic mass is 10.1. The second kappa shape index (κ2) is 5.29. The fourth-order valence-corrected chi connectivity index (χ4v) is 2.20. The first kappa shape index (κ1) is 12.1. The third-order valence-corrected chi connectivity index (χ3v) is 3.26. The van der Waals surface area contributed by atoms with Gasteiger partial charge in [0.15, 0.2) is 0 Å². The minimum atomic E-state index is 0.103. The first-order valence-corrected chi connectivity index (χ1v) is 5.98. The molecule has 1 aliphatic heterocycles. The number of hydrogen-bond acceptors (Lipinski definition) is 3. The van der Waals surface area contributed by atoms with E-state index in [9.17, 15) is 4.79 Å². The van der Waals surface area contributed by atoms with E-state index in [-0.39, 0.29) is 11.8 Å². The minimum Gasteiger partial charge on any atom is -0.326 e. The Hall–Kier alpha value is -1.39. The highest BCUT2D eigenvalue weighted by atomic mass is 16.1. The summed E-state index contributed by atoms with van der Waals surface area (Å²) in [7, 11) is 2.04. The topological polar surface area (TPSA) is 58.4 Å².